The summed E-state index contributed by atoms with van der Waals surface area (Å²) in [5, 5.41) is 0.196. The first-order valence-electron chi connectivity index (χ1n) is 5.19. The second kappa shape index (κ2) is 5.02. The smallest absolute Gasteiger partial charge is 0.267 e. The molecule has 1 aromatic carbocycles. The fraction of sp³-hybridized carbons (Fsp3) is 0.200. The van der Waals surface area contributed by atoms with Crippen LogP contribution in [0, 0.1) is 6.92 Å². The van der Waals surface area contributed by atoms with Crippen LogP contribution in [0.1, 0.15) is 5.82 Å². The third kappa shape index (κ3) is 2.93. The highest BCUT2D eigenvalue weighted by molar-refractivity contribution is 7.93. The van der Waals surface area contributed by atoms with Gasteiger partial charge in [-0.15, -0.1) is 0 Å². The van der Waals surface area contributed by atoms with Crippen LogP contribution < -0.4 is 15.2 Å². The van der Waals surface area contributed by atoms with E-state index >= 15 is 0 Å². The van der Waals surface area contributed by atoms with Crippen molar-refractivity contribution < 1.29 is 13.2 Å². The number of benzene rings is 1. The average molecular weight is 300 g/mol. The number of ether oxygens (including phenoxy) is 1. The molecule has 0 aliphatic heterocycles. The Hall–Kier alpha value is -1.87. The molecular formula is C10H12N4O3S2. The molecule has 1 heterocycles. The van der Waals surface area contributed by atoms with E-state index in [1.807, 2.05) is 0 Å². The van der Waals surface area contributed by atoms with Crippen molar-refractivity contribution in [3.05, 3.63) is 24.0 Å². The fourth-order valence-corrected chi connectivity index (χ4v) is 3.42. The highest BCUT2D eigenvalue weighted by atomic mass is 32.2. The Labute approximate surface area is 114 Å². The summed E-state index contributed by atoms with van der Waals surface area (Å²) in [5.41, 5.74) is 5.93. The minimum Gasteiger partial charge on any atom is -0.495 e. The van der Waals surface area contributed by atoms with Crippen LogP contribution in [-0.4, -0.2) is 24.9 Å². The third-order valence-corrected chi connectivity index (χ3v) is 4.44. The largest absolute Gasteiger partial charge is 0.495 e. The normalized spacial score (nSPS) is 11.3. The Morgan fingerprint density at radius 1 is 1.42 bits per heavy atom. The standard InChI is InChI=1S/C10H12N4O3S2/c1-6-12-10(18-13-6)14-19(15,16)9-5-7(11)3-4-8(9)17-2/h3-5H,11H2,1-2H3,(H,12,13,14). The second-order valence-corrected chi connectivity index (χ2v) is 6.07. The molecule has 2 aromatic rings. The number of methoxy groups -OCH3 is 1. The summed E-state index contributed by atoms with van der Waals surface area (Å²) in [4.78, 5) is 3.91. The summed E-state index contributed by atoms with van der Waals surface area (Å²) in [6.45, 7) is 1.68. The molecular weight excluding hydrogens is 288 g/mol. The maximum absolute atomic E-state index is 12.2. The molecule has 0 radical (unpaired) electrons. The average Bonchev–Trinajstić information content (AvgIpc) is 2.74. The Kier molecular flexibility index (Phi) is 3.58. The van der Waals surface area contributed by atoms with Crippen LogP contribution in [0.3, 0.4) is 0 Å². The van der Waals surface area contributed by atoms with E-state index in [1.54, 1.807) is 13.0 Å². The number of nitrogens with zero attached hydrogens (tertiary/aromatic N) is 2. The molecule has 3 N–H and O–H groups in total. The third-order valence-electron chi connectivity index (χ3n) is 2.23. The molecule has 7 nitrogen and oxygen atoms in total. The van der Waals surface area contributed by atoms with Gasteiger partial charge in [0.1, 0.15) is 16.5 Å². The molecule has 102 valence electrons. The lowest BCUT2D eigenvalue weighted by atomic mass is 10.3. The van der Waals surface area contributed by atoms with Crippen LogP contribution in [0.2, 0.25) is 0 Å². The van der Waals surface area contributed by atoms with E-state index < -0.39 is 10.0 Å². The zero-order valence-corrected chi connectivity index (χ0v) is 11.9. The van der Waals surface area contributed by atoms with Gasteiger partial charge in [-0.2, -0.15) is 4.37 Å². The molecule has 0 aliphatic carbocycles. The molecule has 0 fully saturated rings. The monoisotopic (exact) mass is 300 g/mol. The molecule has 0 unspecified atom stereocenters. The van der Waals surface area contributed by atoms with E-state index in [4.69, 9.17) is 10.5 Å². The number of hydrogen-bond acceptors (Lipinski definition) is 7. The molecule has 9 heteroatoms. The Morgan fingerprint density at radius 3 is 2.74 bits per heavy atom. The van der Waals surface area contributed by atoms with Gasteiger partial charge in [-0.3, -0.25) is 4.72 Å². The van der Waals surface area contributed by atoms with Crippen LogP contribution in [0.5, 0.6) is 5.75 Å². The molecule has 1 aromatic heterocycles. The first-order chi connectivity index (χ1) is 8.92. The van der Waals surface area contributed by atoms with Crippen LogP contribution >= 0.6 is 11.5 Å². The van der Waals surface area contributed by atoms with Crippen molar-refractivity contribution in [3.8, 4) is 5.75 Å². The van der Waals surface area contributed by atoms with Crippen LogP contribution in [0.25, 0.3) is 0 Å². The summed E-state index contributed by atoms with van der Waals surface area (Å²) in [6.07, 6.45) is 0. The van der Waals surface area contributed by atoms with Gasteiger partial charge in [0, 0.05) is 17.2 Å². The van der Waals surface area contributed by atoms with Crippen molar-refractivity contribution in [1.29, 1.82) is 0 Å². The van der Waals surface area contributed by atoms with Gasteiger partial charge in [0.2, 0.25) is 5.13 Å². The van der Waals surface area contributed by atoms with Crippen molar-refractivity contribution in [1.82, 2.24) is 9.36 Å². The van der Waals surface area contributed by atoms with Crippen molar-refractivity contribution >= 4 is 32.4 Å². The number of nitrogens with two attached hydrogens (primary N) is 1. The first-order valence-corrected chi connectivity index (χ1v) is 7.44. The summed E-state index contributed by atoms with van der Waals surface area (Å²) in [7, 11) is -2.42. The Bertz CT molecular complexity index is 697. The molecule has 0 spiro atoms. The van der Waals surface area contributed by atoms with Gasteiger partial charge in [0.05, 0.1) is 7.11 Å². The number of hydrogen-bond donors (Lipinski definition) is 2. The van der Waals surface area contributed by atoms with E-state index in [0.717, 1.165) is 11.5 Å². The lowest BCUT2D eigenvalue weighted by Crippen LogP contribution is -2.14. The van der Waals surface area contributed by atoms with Crippen molar-refractivity contribution in [2.45, 2.75) is 11.8 Å². The SMILES string of the molecule is COc1ccc(N)cc1S(=O)(=O)Nc1nc(C)ns1. The van der Waals surface area contributed by atoms with Gasteiger partial charge in [0.15, 0.2) is 0 Å². The minimum absolute atomic E-state index is 0.0390. The highest BCUT2D eigenvalue weighted by Crippen LogP contribution is 2.28. The zero-order valence-electron chi connectivity index (χ0n) is 10.2. The van der Waals surface area contributed by atoms with Crippen molar-refractivity contribution in [2.24, 2.45) is 0 Å². The summed E-state index contributed by atoms with van der Waals surface area (Å²) >= 11 is 0.965. The van der Waals surface area contributed by atoms with E-state index in [2.05, 4.69) is 14.1 Å². The van der Waals surface area contributed by atoms with Gasteiger partial charge in [-0.1, -0.05) is 0 Å². The number of anilines is 2. The number of rotatable bonds is 4. The molecule has 0 aliphatic rings. The van der Waals surface area contributed by atoms with Crippen molar-refractivity contribution in [2.75, 3.05) is 17.6 Å². The van der Waals surface area contributed by atoms with E-state index in [1.165, 1.54) is 19.2 Å². The maximum atomic E-state index is 12.2. The molecule has 2 rings (SSSR count). The van der Waals surface area contributed by atoms with E-state index in [-0.39, 0.29) is 15.8 Å². The predicted molar refractivity (Wildman–Crippen MR) is 72.9 cm³/mol. The van der Waals surface area contributed by atoms with Gasteiger partial charge in [-0.25, -0.2) is 13.4 Å². The summed E-state index contributed by atoms with van der Waals surface area (Å²) in [6, 6.07) is 4.39. The van der Waals surface area contributed by atoms with Crippen LogP contribution in [-0.2, 0) is 10.0 Å². The number of nitrogen functional groups attached to an aromatic ring is 1. The van der Waals surface area contributed by atoms with E-state index in [9.17, 15) is 8.42 Å². The Morgan fingerprint density at radius 2 is 2.16 bits per heavy atom. The summed E-state index contributed by atoms with van der Waals surface area (Å²) in [5.74, 6) is 0.713. The van der Waals surface area contributed by atoms with E-state index in [0.29, 0.717) is 11.5 Å². The lowest BCUT2D eigenvalue weighted by molar-refractivity contribution is 0.403. The topological polar surface area (TPSA) is 107 Å². The number of nitrogens with one attached hydrogen (secondary N) is 1. The van der Waals surface area contributed by atoms with Gasteiger partial charge < -0.3 is 10.5 Å². The second-order valence-electron chi connectivity index (χ2n) is 3.66. The Balaban J connectivity index is 2.41. The highest BCUT2D eigenvalue weighted by Gasteiger charge is 2.21. The molecule has 0 saturated heterocycles. The lowest BCUT2D eigenvalue weighted by Gasteiger charge is -2.10. The first kappa shape index (κ1) is 13.6. The fourth-order valence-electron chi connectivity index (χ4n) is 1.41. The zero-order chi connectivity index (χ0) is 14.0. The van der Waals surface area contributed by atoms with Crippen LogP contribution in [0.15, 0.2) is 23.1 Å². The van der Waals surface area contributed by atoms with Gasteiger partial charge >= 0.3 is 0 Å². The van der Waals surface area contributed by atoms with Crippen molar-refractivity contribution in [3.63, 3.8) is 0 Å². The number of sulfonamides is 1. The molecule has 19 heavy (non-hydrogen) atoms. The molecule has 0 amide bonds. The number of aromatic nitrogens is 2. The minimum atomic E-state index is -3.81. The molecule has 0 bridgehead atoms. The molecule has 0 atom stereocenters. The van der Waals surface area contributed by atoms with Gasteiger partial charge in [-0.05, 0) is 25.1 Å². The van der Waals surface area contributed by atoms with Crippen LogP contribution in [0.4, 0.5) is 10.8 Å². The quantitative estimate of drug-likeness (QED) is 0.823. The predicted octanol–water partition coefficient (Wildman–Crippen LogP) is 1.24. The maximum Gasteiger partial charge on any atom is 0.267 e. The molecule has 0 saturated carbocycles. The van der Waals surface area contributed by atoms with Gasteiger partial charge in [0.25, 0.3) is 10.0 Å². The number of aryl methyl sites for hydroxylation is 1. The summed E-state index contributed by atoms with van der Waals surface area (Å²) < 4.78 is 35.7.